The standard InChI is InChI=1S/C17H20O/c1-13-4-6-14(7-5-13)12-15-16(2)8-10-17(3,18-15)11-9-16/h4-8,10,12H,9,11H2,1-3H3/b15-12-/t16-,17+/m1/s1. The van der Waals surface area contributed by atoms with E-state index in [1.54, 1.807) is 0 Å². The van der Waals surface area contributed by atoms with Crippen molar-refractivity contribution in [3.63, 3.8) is 0 Å². The molecule has 0 radical (unpaired) electrons. The van der Waals surface area contributed by atoms with Crippen LogP contribution in [-0.4, -0.2) is 5.60 Å². The molecule has 0 saturated carbocycles. The molecular formula is C17H20O. The van der Waals surface area contributed by atoms with Crippen molar-refractivity contribution in [3.05, 3.63) is 53.3 Å². The van der Waals surface area contributed by atoms with Gasteiger partial charge in [-0.3, -0.25) is 0 Å². The molecule has 2 atom stereocenters. The van der Waals surface area contributed by atoms with E-state index in [0.717, 1.165) is 12.2 Å². The number of hydrogen-bond donors (Lipinski definition) is 0. The summed E-state index contributed by atoms with van der Waals surface area (Å²) in [7, 11) is 0. The van der Waals surface area contributed by atoms with E-state index < -0.39 is 0 Å². The van der Waals surface area contributed by atoms with Crippen LogP contribution in [0, 0.1) is 12.3 Å². The molecule has 0 spiro atoms. The minimum absolute atomic E-state index is 0.0860. The van der Waals surface area contributed by atoms with Gasteiger partial charge in [-0.2, -0.15) is 0 Å². The Bertz CT molecular complexity index is 523. The Morgan fingerprint density at radius 2 is 1.78 bits per heavy atom. The molecule has 2 aliphatic heterocycles. The predicted molar refractivity (Wildman–Crippen MR) is 75.1 cm³/mol. The van der Waals surface area contributed by atoms with E-state index >= 15 is 0 Å². The van der Waals surface area contributed by atoms with Crippen LogP contribution in [0.2, 0.25) is 0 Å². The van der Waals surface area contributed by atoms with Crippen molar-refractivity contribution in [2.75, 3.05) is 0 Å². The summed E-state index contributed by atoms with van der Waals surface area (Å²) in [5.41, 5.74) is 2.51. The number of fused-ring (bicyclic) bond motifs is 2. The number of benzene rings is 1. The van der Waals surface area contributed by atoms with Gasteiger partial charge in [0.05, 0.1) is 0 Å². The van der Waals surface area contributed by atoms with Crippen molar-refractivity contribution < 1.29 is 4.74 Å². The molecule has 0 unspecified atom stereocenters. The van der Waals surface area contributed by atoms with E-state index in [0.29, 0.717) is 0 Å². The molecule has 1 saturated heterocycles. The summed E-state index contributed by atoms with van der Waals surface area (Å²) in [4.78, 5) is 0. The highest BCUT2D eigenvalue weighted by Crippen LogP contribution is 2.50. The molecule has 1 aliphatic carbocycles. The van der Waals surface area contributed by atoms with Crippen LogP contribution in [0.25, 0.3) is 6.08 Å². The number of aryl methyl sites for hydroxylation is 1. The fourth-order valence-electron chi connectivity index (χ4n) is 2.70. The molecule has 2 bridgehead atoms. The summed E-state index contributed by atoms with van der Waals surface area (Å²) >= 11 is 0. The minimum atomic E-state index is -0.0890. The third-order valence-corrected chi connectivity index (χ3v) is 4.23. The zero-order chi connectivity index (χ0) is 12.8. The molecule has 3 aliphatic rings. The van der Waals surface area contributed by atoms with Gasteiger partial charge in [0.1, 0.15) is 11.4 Å². The Morgan fingerprint density at radius 1 is 1.06 bits per heavy atom. The molecule has 0 N–H and O–H groups in total. The minimum Gasteiger partial charge on any atom is -0.487 e. The smallest absolute Gasteiger partial charge is 0.124 e. The molecule has 1 aromatic carbocycles. The number of hydrogen-bond acceptors (Lipinski definition) is 1. The van der Waals surface area contributed by atoms with Gasteiger partial charge in [-0.25, -0.2) is 0 Å². The van der Waals surface area contributed by atoms with Crippen molar-refractivity contribution in [3.8, 4) is 0 Å². The molecule has 2 heterocycles. The molecule has 0 amide bonds. The van der Waals surface area contributed by atoms with Gasteiger partial charge in [0, 0.05) is 5.41 Å². The van der Waals surface area contributed by atoms with Gasteiger partial charge >= 0.3 is 0 Å². The number of rotatable bonds is 1. The first kappa shape index (κ1) is 11.6. The maximum atomic E-state index is 6.18. The van der Waals surface area contributed by atoms with Crippen LogP contribution >= 0.6 is 0 Å². The highest BCUT2D eigenvalue weighted by molar-refractivity contribution is 5.55. The lowest BCUT2D eigenvalue weighted by molar-refractivity contribution is -0.0299. The third kappa shape index (κ3) is 1.88. The summed E-state index contributed by atoms with van der Waals surface area (Å²) in [5.74, 6) is 1.11. The summed E-state index contributed by atoms with van der Waals surface area (Å²) in [6, 6.07) is 8.60. The number of allylic oxidation sites excluding steroid dienone is 1. The average Bonchev–Trinajstić information content (AvgIpc) is 2.35. The Hall–Kier alpha value is -1.50. The second-order valence-electron chi connectivity index (χ2n) is 6.08. The van der Waals surface area contributed by atoms with Crippen molar-refractivity contribution in [2.24, 2.45) is 5.41 Å². The first-order valence-corrected chi connectivity index (χ1v) is 6.67. The fourth-order valence-corrected chi connectivity index (χ4v) is 2.70. The maximum Gasteiger partial charge on any atom is 0.124 e. The zero-order valence-corrected chi connectivity index (χ0v) is 11.4. The van der Waals surface area contributed by atoms with Gasteiger partial charge in [0.2, 0.25) is 0 Å². The molecule has 1 fully saturated rings. The highest BCUT2D eigenvalue weighted by Gasteiger charge is 2.44. The molecule has 1 nitrogen and oxygen atoms in total. The summed E-state index contributed by atoms with van der Waals surface area (Å²) in [6.07, 6.45) is 9.03. The van der Waals surface area contributed by atoms with Gasteiger partial charge in [0.25, 0.3) is 0 Å². The normalized spacial score (nSPS) is 35.8. The van der Waals surface area contributed by atoms with E-state index in [2.05, 4.69) is 63.3 Å². The molecular weight excluding hydrogens is 220 g/mol. The Labute approximate surface area is 109 Å². The molecule has 4 rings (SSSR count). The second kappa shape index (κ2) is 3.74. The van der Waals surface area contributed by atoms with Gasteiger partial charge in [-0.05, 0) is 51.3 Å². The fraction of sp³-hybridized carbons (Fsp3) is 0.412. The summed E-state index contributed by atoms with van der Waals surface area (Å²) in [6.45, 7) is 6.55. The lowest BCUT2D eigenvalue weighted by atomic mass is 9.71. The second-order valence-corrected chi connectivity index (χ2v) is 6.08. The molecule has 1 aromatic rings. The topological polar surface area (TPSA) is 9.23 Å². The summed E-state index contributed by atoms with van der Waals surface area (Å²) < 4.78 is 6.18. The van der Waals surface area contributed by atoms with E-state index in [-0.39, 0.29) is 11.0 Å². The van der Waals surface area contributed by atoms with Crippen LogP contribution in [0.4, 0.5) is 0 Å². The van der Waals surface area contributed by atoms with Crippen molar-refractivity contribution in [1.82, 2.24) is 0 Å². The van der Waals surface area contributed by atoms with Crippen LogP contribution in [0.15, 0.2) is 42.2 Å². The Balaban J connectivity index is 1.98. The number of ether oxygens (including phenoxy) is 1. The monoisotopic (exact) mass is 240 g/mol. The zero-order valence-electron chi connectivity index (χ0n) is 11.4. The van der Waals surface area contributed by atoms with Crippen LogP contribution in [-0.2, 0) is 4.74 Å². The summed E-state index contributed by atoms with van der Waals surface area (Å²) in [5, 5.41) is 0. The van der Waals surface area contributed by atoms with Gasteiger partial charge in [-0.15, -0.1) is 0 Å². The maximum absolute atomic E-state index is 6.18. The van der Waals surface area contributed by atoms with E-state index in [1.807, 2.05) is 0 Å². The Kier molecular flexibility index (Phi) is 2.41. The first-order chi connectivity index (χ1) is 8.49. The quantitative estimate of drug-likeness (QED) is 0.658. The van der Waals surface area contributed by atoms with E-state index in [4.69, 9.17) is 4.74 Å². The first-order valence-electron chi connectivity index (χ1n) is 6.67. The molecule has 0 aromatic heterocycles. The molecule has 1 heteroatoms. The molecule has 94 valence electrons. The van der Waals surface area contributed by atoms with E-state index in [9.17, 15) is 0 Å². The SMILES string of the molecule is Cc1ccc(/C=C2\O[C@@]3(C)C=C[C@]2(C)CC3)cc1. The Morgan fingerprint density at radius 3 is 2.39 bits per heavy atom. The van der Waals surface area contributed by atoms with Crippen LogP contribution in [0.3, 0.4) is 0 Å². The lowest BCUT2D eigenvalue weighted by Gasteiger charge is -2.47. The van der Waals surface area contributed by atoms with Crippen molar-refractivity contribution in [1.29, 1.82) is 0 Å². The third-order valence-electron chi connectivity index (χ3n) is 4.23. The van der Waals surface area contributed by atoms with Crippen LogP contribution in [0.5, 0.6) is 0 Å². The van der Waals surface area contributed by atoms with Gasteiger partial charge < -0.3 is 4.74 Å². The highest BCUT2D eigenvalue weighted by atomic mass is 16.5. The van der Waals surface area contributed by atoms with Gasteiger partial charge in [0.15, 0.2) is 0 Å². The molecule has 18 heavy (non-hydrogen) atoms. The predicted octanol–water partition coefficient (Wildman–Crippen LogP) is 4.48. The van der Waals surface area contributed by atoms with Crippen molar-refractivity contribution >= 4 is 6.08 Å². The largest absolute Gasteiger partial charge is 0.487 e. The lowest BCUT2D eigenvalue weighted by Crippen LogP contribution is -2.42. The van der Waals surface area contributed by atoms with Crippen LogP contribution in [0.1, 0.15) is 37.8 Å². The van der Waals surface area contributed by atoms with Crippen molar-refractivity contribution in [2.45, 2.75) is 39.2 Å². The van der Waals surface area contributed by atoms with Crippen LogP contribution < -0.4 is 0 Å². The van der Waals surface area contributed by atoms with E-state index in [1.165, 1.54) is 17.5 Å². The average molecular weight is 240 g/mol. The van der Waals surface area contributed by atoms with Gasteiger partial charge in [-0.1, -0.05) is 35.9 Å².